The zero-order chi connectivity index (χ0) is 9.52. The first-order chi connectivity index (χ1) is 6.36. The number of hydrogen-bond acceptors (Lipinski definition) is 3. The van der Waals surface area contributed by atoms with Crippen molar-refractivity contribution in [2.24, 2.45) is 0 Å². The maximum atomic E-state index is 4.21. The molecule has 0 bridgehead atoms. The van der Waals surface area contributed by atoms with Crippen molar-refractivity contribution >= 4 is 11.5 Å². The number of nitrogens with zero attached hydrogens (tertiary/aromatic N) is 1. The van der Waals surface area contributed by atoms with Gasteiger partial charge in [-0.05, 0) is 19.1 Å². The molecule has 0 radical (unpaired) electrons. The van der Waals surface area contributed by atoms with Crippen molar-refractivity contribution in [3.8, 4) is 0 Å². The molecule has 2 N–H and O–H groups in total. The molecule has 0 aliphatic carbocycles. The highest BCUT2D eigenvalue weighted by atomic mass is 15.0. The summed E-state index contributed by atoms with van der Waals surface area (Å²) < 4.78 is 0. The summed E-state index contributed by atoms with van der Waals surface area (Å²) >= 11 is 0. The second-order valence-electron chi connectivity index (χ2n) is 2.63. The molecule has 0 aliphatic rings. The fourth-order valence-electron chi connectivity index (χ4n) is 0.984. The number of anilines is 2. The summed E-state index contributed by atoms with van der Waals surface area (Å²) in [6, 6.07) is 3.95. The average Bonchev–Trinajstić information content (AvgIpc) is 2.17. The molecule has 13 heavy (non-hydrogen) atoms. The summed E-state index contributed by atoms with van der Waals surface area (Å²) in [4.78, 5) is 4.21. The summed E-state index contributed by atoms with van der Waals surface area (Å²) in [5, 5.41) is 6.29. The van der Waals surface area contributed by atoms with Gasteiger partial charge in [-0.15, -0.1) is 6.58 Å². The van der Waals surface area contributed by atoms with Gasteiger partial charge < -0.3 is 10.6 Å². The van der Waals surface area contributed by atoms with E-state index in [1.807, 2.05) is 18.3 Å². The smallest absolute Gasteiger partial charge is 0.126 e. The van der Waals surface area contributed by atoms with E-state index < -0.39 is 0 Å². The van der Waals surface area contributed by atoms with Crippen LogP contribution in [0.25, 0.3) is 0 Å². The van der Waals surface area contributed by atoms with Crippen LogP contribution < -0.4 is 10.6 Å². The summed E-state index contributed by atoms with van der Waals surface area (Å²) in [6.45, 7) is 7.34. The van der Waals surface area contributed by atoms with Crippen molar-refractivity contribution in [1.82, 2.24) is 4.98 Å². The molecule has 1 heterocycles. The first kappa shape index (κ1) is 9.58. The predicted molar refractivity (Wildman–Crippen MR) is 57.1 cm³/mol. The van der Waals surface area contributed by atoms with Gasteiger partial charge in [0.15, 0.2) is 0 Å². The van der Waals surface area contributed by atoms with Gasteiger partial charge in [0.2, 0.25) is 0 Å². The molecule has 0 saturated carbocycles. The van der Waals surface area contributed by atoms with Gasteiger partial charge >= 0.3 is 0 Å². The second-order valence-corrected chi connectivity index (χ2v) is 2.63. The van der Waals surface area contributed by atoms with Crippen LogP contribution in [0.2, 0.25) is 0 Å². The predicted octanol–water partition coefficient (Wildman–Crippen LogP) is 2.11. The Morgan fingerprint density at radius 1 is 1.46 bits per heavy atom. The van der Waals surface area contributed by atoms with Crippen LogP contribution in [0.3, 0.4) is 0 Å². The molecule has 1 aromatic heterocycles. The van der Waals surface area contributed by atoms with E-state index in [0.717, 1.165) is 24.6 Å². The van der Waals surface area contributed by atoms with E-state index in [9.17, 15) is 0 Å². The van der Waals surface area contributed by atoms with Crippen LogP contribution in [-0.4, -0.2) is 18.1 Å². The van der Waals surface area contributed by atoms with Gasteiger partial charge in [-0.2, -0.15) is 0 Å². The topological polar surface area (TPSA) is 37.0 Å². The summed E-state index contributed by atoms with van der Waals surface area (Å²) in [5.74, 6) is 0.876. The van der Waals surface area contributed by atoms with Crippen molar-refractivity contribution in [3.63, 3.8) is 0 Å². The minimum absolute atomic E-state index is 0.744. The molecule has 0 atom stereocenters. The number of aromatic nitrogens is 1. The average molecular weight is 177 g/mol. The monoisotopic (exact) mass is 177 g/mol. The molecule has 1 rings (SSSR count). The van der Waals surface area contributed by atoms with Gasteiger partial charge in [-0.1, -0.05) is 6.08 Å². The molecule has 0 aromatic carbocycles. The van der Waals surface area contributed by atoms with Crippen molar-refractivity contribution in [1.29, 1.82) is 0 Å². The molecule has 3 nitrogen and oxygen atoms in total. The van der Waals surface area contributed by atoms with Crippen LogP contribution in [0.1, 0.15) is 6.92 Å². The lowest BCUT2D eigenvalue weighted by atomic mass is 10.4. The lowest BCUT2D eigenvalue weighted by Crippen LogP contribution is -2.01. The third-order valence-corrected chi connectivity index (χ3v) is 1.57. The number of nitrogens with one attached hydrogen (secondary N) is 2. The Morgan fingerprint density at radius 2 is 2.31 bits per heavy atom. The molecule has 0 unspecified atom stereocenters. The summed E-state index contributed by atoms with van der Waals surface area (Å²) in [7, 11) is 0. The highest BCUT2D eigenvalue weighted by Crippen LogP contribution is 2.08. The first-order valence-electron chi connectivity index (χ1n) is 4.41. The maximum absolute atomic E-state index is 4.21. The number of pyridine rings is 1. The molecular formula is C10H15N3. The van der Waals surface area contributed by atoms with E-state index in [-0.39, 0.29) is 0 Å². The van der Waals surface area contributed by atoms with Gasteiger partial charge in [0.1, 0.15) is 5.82 Å². The quantitative estimate of drug-likeness (QED) is 0.676. The molecular weight excluding hydrogens is 162 g/mol. The Morgan fingerprint density at radius 3 is 2.85 bits per heavy atom. The zero-order valence-electron chi connectivity index (χ0n) is 7.88. The van der Waals surface area contributed by atoms with Crippen LogP contribution >= 0.6 is 0 Å². The fraction of sp³-hybridized carbons (Fsp3) is 0.300. The van der Waals surface area contributed by atoms with E-state index in [1.165, 1.54) is 0 Å². The van der Waals surface area contributed by atoms with Crippen LogP contribution in [0, 0.1) is 0 Å². The molecule has 70 valence electrons. The molecule has 1 aromatic rings. The summed E-state index contributed by atoms with van der Waals surface area (Å²) in [6.07, 6.45) is 3.62. The molecule has 3 heteroatoms. The zero-order valence-corrected chi connectivity index (χ0v) is 7.88. The van der Waals surface area contributed by atoms with Crippen molar-refractivity contribution in [2.45, 2.75) is 6.92 Å². The van der Waals surface area contributed by atoms with Crippen LogP contribution in [0.4, 0.5) is 11.5 Å². The van der Waals surface area contributed by atoms with Crippen LogP contribution in [0.5, 0.6) is 0 Å². The van der Waals surface area contributed by atoms with Crippen molar-refractivity contribution in [2.75, 3.05) is 23.7 Å². The van der Waals surface area contributed by atoms with E-state index in [4.69, 9.17) is 0 Å². The lowest BCUT2D eigenvalue weighted by Gasteiger charge is -2.04. The Hall–Kier alpha value is -1.51. The summed E-state index contributed by atoms with van der Waals surface area (Å²) in [5.41, 5.74) is 1.05. The Balaban J connectivity index is 2.53. The molecule has 0 fully saturated rings. The van der Waals surface area contributed by atoms with E-state index in [2.05, 4.69) is 29.1 Å². The van der Waals surface area contributed by atoms with Crippen molar-refractivity contribution < 1.29 is 0 Å². The van der Waals surface area contributed by atoms with Crippen LogP contribution in [-0.2, 0) is 0 Å². The van der Waals surface area contributed by atoms with E-state index >= 15 is 0 Å². The Kier molecular flexibility index (Phi) is 3.82. The largest absolute Gasteiger partial charge is 0.384 e. The SMILES string of the molecule is C=CCNc1ccc(NCC)cn1. The normalized spacial score (nSPS) is 9.31. The first-order valence-corrected chi connectivity index (χ1v) is 4.41. The highest BCUT2D eigenvalue weighted by Gasteiger charge is 1.91. The van der Waals surface area contributed by atoms with E-state index in [1.54, 1.807) is 6.08 Å². The van der Waals surface area contributed by atoms with Crippen molar-refractivity contribution in [3.05, 3.63) is 31.0 Å². The van der Waals surface area contributed by atoms with Crippen LogP contribution in [0.15, 0.2) is 31.0 Å². The lowest BCUT2D eigenvalue weighted by molar-refractivity contribution is 1.18. The van der Waals surface area contributed by atoms with E-state index in [0.29, 0.717) is 0 Å². The number of rotatable bonds is 5. The van der Waals surface area contributed by atoms with Gasteiger partial charge in [0.05, 0.1) is 11.9 Å². The maximum Gasteiger partial charge on any atom is 0.126 e. The molecule has 0 aliphatic heterocycles. The standard InChI is InChI=1S/C10H15N3/c1-3-7-12-10-6-5-9(8-13-10)11-4-2/h3,5-6,8,11H,1,4,7H2,2H3,(H,12,13). The van der Waals surface area contributed by atoms with Gasteiger partial charge in [-0.25, -0.2) is 4.98 Å². The van der Waals surface area contributed by atoms with Gasteiger partial charge in [0, 0.05) is 13.1 Å². The third kappa shape index (κ3) is 3.15. The minimum atomic E-state index is 0.744. The highest BCUT2D eigenvalue weighted by molar-refractivity contribution is 5.47. The second kappa shape index (κ2) is 5.19. The molecule has 0 amide bonds. The Bertz CT molecular complexity index is 253. The van der Waals surface area contributed by atoms with Gasteiger partial charge in [0.25, 0.3) is 0 Å². The Labute approximate surface area is 78.9 Å². The molecule has 0 spiro atoms. The minimum Gasteiger partial charge on any atom is -0.384 e. The van der Waals surface area contributed by atoms with Gasteiger partial charge in [-0.3, -0.25) is 0 Å². The molecule has 0 saturated heterocycles. The third-order valence-electron chi connectivity index (χ3n) is 1.57. The fourth-order valence-corrected chi connectivity index (χ4v) is 0.984. The number of hydrogen-bond donors (Lipinski definition) is 2.